The molecule has 0 saturated heterocycles. The maximum Gasteiger partial charge on any atom is 0.252 e. The zero-order valence-electron chi connectivity index (χ0n) is 14.1. The summed E-state index contributed by atoms with van der Waals surface area (Å²) in [6.07, 6.45) is 0.775. The molecule has 1 aliphatic rings. The minimum absolute atomic E-state index is 0.0240. The fourth-order valence-corrected chi connectivity index (χ4v) is 4.58. The summed E-state index contributed by atoms with van der Waals surface area (Å²) in [5, 5.41) is 5.22. The van der Waals surface area contributed by atoms with E-state index in [0.717, 1.165) is 34.1 Å². The predicted molar refractivity (Wildman–Crippen MR) is 105 cm³/mol. The molecular formula is C20H18N2O2S2. The Balaban J connectivity index is 1.50. The van der Waals surface area contributed by atoms with Gasteiger partial charge in [0.2, 0.25) is 0 Å². The molecule has 0 radical (unpaired) electrons. The van der Waals surface area contributed by atoms with Crippen LogP contribution in [0.4, 0.5) is 0 Å². The van der Waals surface area contributed by atoms with Crippen LogP contribution in [-0.4, -0.2) is 17.5 Å². The molecule has 1 N–H and O–H groups in total. The number of para-hydroxylation sites is 1. The van der Waals surface area contributed by atoms with E-state index in [1.165, 1.54) is 0 Å². The van der Waals surface area contributed by atoms with E-state index in [9.17, 15) is 4.79 Å². The van der Waals surface area contributed by atoms with Gasteiger partial charge < -0.3 is 10.1 Å². The van der Waals surface area contributed by atoms with Gasteiger partial charge in [-0.3, -0.25) is 4.79 Å². The topological polar surface area (TPSA) is 51.2 Å². The summed E-state index contributed by atoms with van der Waals surface area (Å²) in [5.74, 6) is 1.57. The normalized spacial score (nSPS) is 15.8. The van der Waals surface area contributed by atoms with E-state index in [1.54, 1.807) is 23.1 Å². The lowest BCUT2D eigenvalue weighted by Gasteiger charge is -2.26. The number of carbonyl (C=O) groups excluding carboxylic acids is 1. The number of benzene rings is 2. The largest absolute Gasteiger partial charge is 0.493 e. The van der Waals surface area contributed by atoms with Gasteiger partial charge >= 0.3 is 0 Å². The van der Waals surface area contributed by atoms with Gasteiger partial charge in [0.1, 0.15) is 5.75 Å². The van der Waals surface area contributed by atoms with E-state index in [4.69, 9.17) is 4.74 Å². The highest BCUT2D eigenvalue weighted by molar-refractivity contribution is 7.98. The Hall–Kier alpha value is -2.31. The molecule has 4 nitrogen and oxygen atoms in total. The summed E-state index contributed by atoms with van der Waals surface area (Å²) in [6.45, 7) is 0.613. The third kappa shape index (κ3) is 3.76. The molecule has 0 aliphatic carbocycles. The number of rotatable bonds is 5. The fourth-order valence-electron chi connectivity index (χ4n) is 2.97. The zero-order valence-corrected chi connectivity index (χ0v) is 15.7. The van der Waals surface area contributed by atoms with Gasteiger partial charge in [-0.2, -0.15) is 0 Å². The van der Waals surface area contributed by atoms with Crippen molar-refractivity contribution in [2.24, 2.45) is 0 Å². The molecule has 132 valence electrons. The molecule has 0 saturated carbocycles. The Morgan fingerprint density at radius 1 is 1.23 bits per heavy atom. The van der Waals surface area contributed by atoms with Gasteiger partial charge in [-0.1, -0.05) is 30.3 Å². The van der Waals surface area contributed by atoms with Crippen LogP contribution in [0.3, 0.4) is 0 Å². The van der Waals surface area contributed by atoms with E-state index in [0.29, 0.717) is 12.2 Å². The van der Waals surface area contributed by atoms with Gasteiger partial charge in [-0.15, -0.1) is 23.1 Å². The number of amides is 1. The maximum absolute atomic E-state index is 12.9. The molecule has 0 bridgehead atoms. The number of carbonyl (C=O) groups is 1. The summed E-state index contributed by atoms with van der Waals surface area (Å²) in [5.41, 5.74) is 4.61. The Labute approximate surface area is 160 Å². The van der Waals surface area contributed by atoms with Gasteiger partial charge in [0.25, 0.3) is 5.91 Å². The van der Waals surface area contributed by atoms with Crippen LogP contribution in [0.15, 0.2) is 64.3 Å². The second-order valence-corrected chi connectivity index (χ2v) is 7.70. The predicted octanol–water partition coefficient (Wildman–Crippen LogP) is 4.69. The van der Waals surface area contributed by atoms with Crippen molar-refractivity contribution in [2.45, 2.75) is 23.1 Å². The number of nitrogens with one attached hydrogen (secondary N) is 1. The fraction of sp³-hybridized carbons (Fsp3) is 0.200. The maximum atomic E-state index is 12.9. The third-order valence-electron chi connectivity index (χ3n) is 4.25. The molecule has 2 heterocycles. The molecule has 1 aromatic heterocycles. The van der Waals surface area contributed by atoms with Crippen molar-refractivity contribution in [3.05, 3.63) is 76.2 Å². The van der Waals surface area contributed by atoms with E-state index in [1.807, 2.05) is 59.4 Å². The van der Waals surface area contributed by atoms with Crippen molar-refractivity contribution >= 4 is 29.0 Å². The number of ether oxygens (including phenoxy) is 1. The summed E-state index contributed by atoms with van der Waals surface area (Å²) < 4.78 is 5.68. The van der Waals surface area contributed by atoms with Gasteiger partial charge in [-0.25, -0.2) is 4.98 Å². The van der Waals surface area contributed by atoms with Crippen molar-refractivity contribution < 1.29 is 9.53 Å². The quantitative estimate of drug-likeness (QED) is 0.651. The number of fused-ring (bicyclic) bond motifs is 1. The molecule has 6 heteroatoms. The van der Waals surface area contributed by atoms with Gasteiger partial charge in [0.15, 0.2) is 0 Å². The number of thiazole rings is 1. The zero-order chi connectivity index (χ0) is 17.8. The molecule has 2 aromatic carbocycles. The molecule has 4 rings (SSSR count). The van der Waals surface area contributed by atoms with Crippen LogP contribution < -0.4 is 10.1 Å². The Morgan fingerprint density at radius 3 is 2.96 bits per heavy atom. The van der Waals surface area contributed by atoms with Crippen molar-refractivity contribution in [1.29, 1.82) is 0 Å². The SMILES string of the molecule is O=C(N[C@H]1CCOc2ccccc21)c1ccccc1SCc1cscn1. The smallest absolute Gasteiger partial charge is 0.252 e. The van der Waals surface area contributed by atoms with Crippen molar-refractivity contribution in [1.82, 2.24) is 10.3 Å². The van der Waals surface area contributed by atoms with Crippen LogP contribution in [0.1, 0.15) is 34.1 Å². The summed E-state index contributed by atoms with van der Waals surface area (Å²) in [4.78, 5) is 18.2. The molecule has 1 amide bonds. The molecule has 1 atom stereocenters. The second kappa shape index (κ2) is 7.93. The van der Waals surface area contributed by atoms with Crippen molar-refractivity contribution in [3.63, 3.8) is 0 Å². The summed E-state index contributed by atoms with van der Waals surface area (Å²) >= 11 is 3.23. The van der Waals surface area contributed by atoms with Crippen LogP contribution >= 0.6 is 23.1 Å². The number of nitrogens with zero attached hydrogens (tertiary/aromatic N) is 1. The Bertz CT molecular complexity index is 896. The average molecular weight is 383 g/mol. The van der Waals surface area contributed by atoms with Crippen LogP contribution in [0.2, 0.25) is 0 Å². The lowest BCUT2D eigenvalue weighted by Crippen LogP contribution is -2.32. The first-order valence-corrected chi connectivity index (χ1v) is 10.4. The minimum Gasteiger partial charge on any atom is -0.493 e. The van der Waals surface area contributed by atoms with Crippen molar-refractivity contribution in [3.8, 4) is 5.75 Å². The minimum atomic E-state index is -0.0481. The molecule has 1 aliphatic heterocycles. The van der Waals surface area contributed by atoms with Crippen LogP contribution in [0, 0.1) is 0 Å². The first-order valence-electron chi connectivity index (χ1n) is 8.43. The first kappa shape index (κ1) is 17.1. The van der Waals surface area contributed by atoms with Crippen molar-refractivity contribution in [2.75, 3.05) is 6.61 Å². The van der Waals surface area contributed by atoms with Gasteiger partial charge in [0, 0.05) is 28.0 Å². The Morgan fingerprint density at radius 2 is 2.08 bits per heavy atom. The monoisotopic (exact) mass is 382 g/mol. The lowest BCUT2D eigenvalue weighted by molar-refractivity contribution is 0.0922. The molecule has 0 unspecified atom stereocenters. The van der Waals surface area contributed by atoms with E-state index in [-0.39, 0.29) is 11.9 Å². The first-order chi connectivity index (χ1) is 12.8. The molecule has 26 heavy (non-hydrogen) atoms. The molecule has 3 aromatic rings. The number of thioether (sulfide) groups is 1. The van der Waals surface area contributed by atoms with E-state index in [2.05, 4.69) is 10.3 Å². The molecule has 0 fully saturated rings. The third-order valence-corrected chi connectivity index (χ3v) is 6.00. The van der Waals surface area contributed by atoms with Crippen LogP contribution in [-0.2, 0) is 5.75 Å². The highest BCUT2D eigenvalue weighted by atomic mass is 32.2. The summed E-state index contributed by atoms with van der Waals surface area (Å²) in [6, 6.07) is 15.6. The standard InChI is InChI=1S/C20H18N2O2S2/c23-20(22-17-9-10-24-18-7-3-1-5-15(17)18)16-6-2-4-8-19(16)26-12-14-11-25-13-21-14/h1-8,11,13,17H,9-10,12H2,(H,22,23)/t17-/m0/s1. The van der Waals surface area contributed by atoms with Gasteiger partial charge in [-0.05, 0) is 18.2 Å². The molecule has 0 spiro atoms. The van der Waals surface area contributed by atoms with Gasteiger partial charge in [0.05, 0.1) is 29.4 Å². The van der Waals surface area contributed by atoms with Crippen LogP contribution in [0.5, 0.6) is 5.75 Å². The van der Waals surface area contributed by atoms with E-state index >= 15 is 0 Å². The number of hydrogen-bond donors (Lipinski definition) is 1. The Kier molecular flexibility index (Phi) is 5.22. The number of hydrogen-bond acceptors (Lipinski definition) is 5. The molecular weight excluding hydrogens is 364 g/mol. The second-order valence-electron chi connectivity index (χ2n) is 5.97. The highest BCUT2D eigenvalue weighted by Crippen LogP contribution is 2.32. The summed E-state index contributed by atoms with van der Waals surface area (Å²) in [7, 11) is 0. The average Bonchev–Trinajstić information content (AvgIpc) is 3.20. The van der Waals surface area contributed by atoms with Crippen LogP contribution in [0.25, 0.3) is 0 Å². The van der Waals surface area contributed by atoms with E-state index < -0.39 is 0 Å². The highest BCUT2D eigenvalue weighted by Gasteiger charge is 2.24. The number of aromatic nitrogens is 1. The lowest BCUT2D eigenvalue weighted by atomic mass is 10.00.